The second-order valence-electron chi connectivity index (χ2n) is 11.0. The van der Waals surface area contributed by atoms with E-state index >= 15 is 0 Å². The topological polar surface area (TPSA) is 116 Å². The highest BCUT2D eigenvalue weighted by Crippen LogP contribution is 2.39. The number of rotatable bonds is 9. The number of pyridine rings is 1. The largest absolute Gasteiger partial charge is 0.417 e. The molecule has 8 nitrogen and oxygen atoms in total. The number of nitrogens with two attached hydrogens (primary N) is 1. The minimum absolute atomic E-state index is 0.121. The molecular formula is C28H34ClF3N6O2. The minimum Gasteiger partial charge on any atom is -0.398 e. The molecule has 0 spiro atoms. The van der Waals surface area contributed by atoms with E-state index in [1.165, 1.54) is 6.07 Å². The number of benzene rings is 1. The zero-order valence-corrected chi connectivity index (χ0v) is 23.1. The van der Waals surface area contributed by atoms with Crippen LogP contribution in [0.15, 0.2) is 36.7 Å². The molecule has 0 bridgehead atoms. The van der Waals surface area contributed by atoms with Crippen LogP contribution in [0.3, 0.4) is 0 Å². The summed E-state index contributed by atoms with van der Waals surface area (Å²) in [4.78, 5) is 14.2. The molecule has 1 aliphatic carbocycles. The molecular weight excluding hydrogens is 545 g/mol. The van der Waals surface area contributed by atoms with E-state index in [9.17, 15) is 23.4 Å². The number of aromatic amines is 1. The van der Waals surface area contributed by atoms with E-state index in [0.717, 1.165) is 30.8 Å². The Labute approximate surface area is 235 Å². The molecule has 5 N–H and O–H groups in total. The number of hydrogen-bond donors (Lipinski definition) is 4. The van der Waals surface area contributed by atoms with Crippen LogP contribution in [0, 0.1) is 5.92 Å². The van der Waals surface area contributed by atoms with Gasteiger partial charge in [-0.2, -0.15) is 13.2 Å². The average molecular weight is 579 g/mol. The van der Waals surface area contributed by atoms with Gasteiger partial charge in [-0.1, -0.05) is 11.6 Å². The van der Waals surface area contributed by atoms with E-state index in [2.05, 4.69) is 33.7 Å². The zero-order valence-electron chi connectivity index (χ0n) is 22.4. The van der Waals surface area contributed by atoms with Crippen molar-refractivity contribution in [2.24, 2.45) is 5.92 Å². The molecule has 40 heavy (non-hydrogen) atoms. The van der Waals surface area contributed by atoms with Crippen molar-refractivity contribution in [1.29, 1.82) is 0 Å². The average Bonchev–Trinajstić information content (AvgIpc) is 3.56. The molecule has 0 amide bonds. The summed E-state index contributed by atoms with van der Waals surface area (Å²) < 4.78 is 41.4. The summed E-state index contributed by atoms with van der Waals surface area (Å²) >= 11 is 5.83. The third-order valence-electron chi connectivity index (χ3n) is 8.01. The Kier molecular flexibility index (Phi) is 8.02. The van der Waals surface area contributed by atoms with Crippen LogP contribution in [-0.4, -0.2) is 66.0 Å². The molecule has 12 heteroatoms. The number of anilines is 1. The molecule has 1 fully saturated rings. The lowest BCUT2D eigenvalue weighted by molar-refractivity contribution is -0.137. The highest BCUT2D eigenvalue weighted by Gasteiger charge is 2.43. The lowest BCUT2D eigenvalue weighted by atomic mass is 10.0. The number of H-pyrrole nitrogens is 1. The van der Waals surface area contributed by atoms with E-state index in [0.29, 0.717) is 42.1 Å². The van der Waals surface area contributed by atoms with Gasteiger partial charge in [0, 0.05) is 48.4 Å². The first kappa shape index (κ1) is 28.7. The van der Waals surface area contributed by atoms with Gasteiger partial charge in [0.2, 0.25) is 0 Å². The van der Waals surface area contributed by atoms with Crippen LogP contribution in [0.2, 0.25) is 5.02 Å². The Balaban J connectivity index is 1.19. The summed E-state index contributed by atoms with van der Waals surface area (Å²) in [6.45, 7) is 5.60. The first-order valence-corrected chi connectivity index (χ1v) is 13.9. The second-order valence-corrected chi connectivity index (χ2v) is 11.4. The fraction of sp³-hybridized carbons (Fsp3) is 0.500. The van der Waals surface area contributed by atoms with Crippen LogP contribution >= 0.6 is 11.6 Å². The molecule has 0 radical (unpaired) electrons. The van der Waals surface area contributed by atoms with Gasteiger partial charge in [-0.25, -0.2) is 9.97 Å². The summed E-state index contributed by atoms with van der Waals surface area (Å²) in [6, 6.07) is 5.80. The van der Waals surface area contributed by atoms with Crippen molar-refractivity contribution in [3.63, 3.8) is 0 Å². The standard InChI is InChI=1S/C28H34ClF3N6O2/c1-15(2)37(9-4-3-5-24-35-21-12-18(28(30,31)32)19(29)13-22(21)36-24)14-16-11-23(26(40)25(16)39)38-10-7-17-20(33)6-8-34-27(17)38/h6-8,10,12-13,15-16,23,25-26,39-40H,3-5,9,11,14H2,1-2H3,(H2,33,34)(H,35,36)/t16-,23-,25-,26+/m1/s1. The number of alkyl halides is 3. The van der Waals surface area contributed by atoms with E-state index in [1.807, 2.05) is 16.8 Å². The molecule has 216 valence electrons. The second kappa shape index (κ2) is 11.2. The Morgan fingerprint density at radius 1 is 1.20 bits per heavy atom. The molecule has 4 atom stereocenters. The molecule has 3 aromatic heterocycles. The first-order chi connectivity index (χ1) is 18.9. The lowest BCUT2D eigenvalue weighted by Gasteiger charge is -2.30. The number of nitrogens with zero attached hydrogens (tertiary/aromatic N) is 4. The van der Waals surface area contributed by atoms with Gasteiger partial charge in [-0.15, -0.1) is 0 Å². The van der Waals surface area contributed by atoms with Gasteiger partial charge in [0.25, 0.3) is 0 Å². The number of unbranched alkanes of at least 4 members (excludes halogenated alkanes) is 1. The molecule has 3 heterocycles. The van der Waals surface area contributed by atoms with Crippen LogP contribution in [0.4, 0.5) is 18.9 Å². The van der Waals surface area contributed by atoms with Crippen molar-refractivity contribution in [2.75, 3.05) is 18.8 Å². The minimum atomic E-state index is -4.53. The van der Waals surface area contributed by atoms with Gasteiger partial charge < -0.3 is 30.4 Å². The van der Waals surface area contributed by atoms with Crippen LogP contribution < -0.4 is 5.73 Å². The van der Waals surface area contributed by atoms with E-state index < -0.39 is 23.9 Å². The number of aryl methyl sites for hydroxylation is 1. The molecule has 1 aromatic carbocycles. The fourth-order valence-electron chi connectivity index (χ4n) is 5.79. The van der Waals surface area contributed by atoms with Crippen molar-refractivity contribution in [3.05, 3.63) is 53.1 Å². The van der Waals surface area contributed by atoms with Crippen molar-refractivity contribution in [1.82, 2.24) is 24.4 Å². The number of nitrogen functional groups attached to an aromatic ring is 1. The molecule has 4 aromatic rings. The molecule has 0 saturated heterocycles. The fourth-order valence-corrected chi connectivity index (χ4v) is 6.06. The highest BCUT2D eigenvalue weighted by atomic mass is 35.5. The number of aliphatic hydroxyl groups excluding tert-OH is 2. The predicted octanol–water partition coefficient (Wildman–Crippen LogP) is 5.18. The summed E-state index contributed by atoms with van der Waals surface area (Å²) in [7, 11) is 0. The molecule has 1 saturated carbocycles. The zero-order chi connectivity index (χ0) is 28.8. The third-order valence-corrected chi connectivity index (χ3v) is 8.32. The van der Waals surface area contributed by atoms with Crippen LogP contribution in [0.5, 0.6) is 0 Å². The Morgan fingerprint density at radius 3 is 2.70 bits per heavy atom. The van der Waals surface area contributed by atoms with Crippen molar-refractivity contribution in [2.45, 2.75) is 70.0 Å². The quantitative estimate of drug-likeness (QED) is 0.203. The Bertz CT molecular complexity index is 1490. The van der Waals surface area contributed by atoms with Gasteiger partial charge in [0.1, 0.15) is 17.6 Å². The van der Waals surface area contributed by atoms with Crippen molar-refractivity contribution < 1.29 is 23.4 Å². The number of fused-ring (bicyclic) bond motifs is 2. The summed E-state index contributed by atoms with van der Waals surface area (Å²) in [5, 5.41) is 22.3. The van der Waals surface area contributed by atoms with Crippen LogP contribution in [0.25, 0.3) is 22.1 Å². The Morgan fingerprint density at radius 2 is 1.98 bits per heavy atom. The summed E-state index contributed by atoms with van der Waals surface area (Å²) in [5.41, 5.74) is 7.22. The lowest BCUT2D eigenvalue weighted by Crippen LogP contribution is -2.40. The van der Waals surface area contributed by atoms with Gasteiger partial charge in [-0.3, -0.25) is 0 Å². The normalized spacial score (nSPS) is 21.9. The predicted molar refractivity (Wildman–Crippen MR) is 149 cm³/mol. The molecule has 0 aliphatic heterocycles. The van der Waals surface area contributed by atoms with Crippen LogP contribution in [0.1, 0.15) is 50.5 Å². The maximum Gasteiger partial charge on any atom is 0.417 e. The summed E-state index contributed by atoms with van der Waals surface area (Å²) in [6.07, 6.45) is 0.00151. The number of hydrogen-bond acceptors (Lipinski definition) is 6. The van der Waals surface area contributed by atoms with E-state index in [4.69, 9.17) is 17.3 Å². The number of imidazole rings is 1. The van der Waals surface area contributed by atoms with E-state index in [-0.39, 0.29) is 28.5 Å². The van der Waals surface area contributed by atoms with Gasteiger partial charge in [-0.05, 0) is 63.9 Å². The molecule has 1 aliphatic rings. The maximum absolute atomic E-state index is 13.2. The number of aliphatic hydroxyl groups is 2. The Hall–Kier alpha value is -2.86. The van der Waals surface area contributed by atoms with Crippen LogP contribution in [-0.2, 0) is 12.6 Å². The number of aromatic nitrogens is 4. The third kappa shape index (κ3) is 5.65. The SMILES string of the molecule is CC(C)N(CCCCc1nc2cc(C(F)(F)F)c(Cl)cc2[nH]1)C[C@H]1C[C@@H](n2ccc3c(N)ccnc32)[C@H](O)[C@@H]1O. The van der Waals surface area contributed by atoms with E-state index in [1.54, 1.807) is 12.3 Å². The molecule has 0 unspecified atom stereocenters. The first-order valence-electron chi connectivity index (χ1n) is 13.5. The highest BCUT2D eigenvalue weighted by molar-refractivity contribution is 6.32. The van der Waals surface area contributed by atoms with Gasteiger partial charge >= 0.3 is 6.18 Å². The van der Waals surface area contributed by atoms with Crippen molar-refractivity contribution >= 4 is 39.4 Å². The summed E-state index contributed by atoms with van der Waals surface area (Å²) in [5.74, 6) is 0.496. The molecule has 5 rings (SSSR count). The monoisotopic (exact) mass is 578 g/mol. The maximum atomic E-state index is 13.2. The smallest absolute Gasteiger partial charge is 0.398 e. The van der Waals surface area contributed by atoms with Crippen molar-refractivity contribution in [3.8, 4) is 0 Å². The van der Waals surface area contributed by atoms with Gasteiger partial charge in [0.15, 0.2) is 0 Å². The number of nitrogens with one attached hydrogen (secondary N) is 1. The number of halogens is 4. The van der Waals surface area contributed by atoms with Gasteiger partial charge in [0.05, 0.1) is 33.8 Å².